The predicted octanol–water partition coefficient (Wildman–Crippen LogP) is 1.23. The second kappa shape index (κ2) is 9.18. The number of nitrogens with zero attached hydrogens (tertiary/aromatic N) is 1. The average molecular weight is 447 g/mol. The maximum atomic E-state index is 12.2. The van der Waals surface area contributed by atoms with Crippen LogP contribution in [0.5, 0.6) is 0 Å². The first-order valence-corrected chi connectivity index (χ1v) is 9.60. The maximum Gasteiger partial charge on any atom is 0.377 e. The molecule has 1 fully saturated rings. The Morgan fingerprint density at radius 1 is 0.938 bits per heavy atom. The fourth-order valence-electron chi connectivity index (χ4n) is 3.67. The van der Waals surface area contributed by atoms with Crippen LogP contribution in [0.25, 0.3) is 10.9 Å². The van der Waals surface area contributed by atoms with E-state index in [9.17, 15) is 29.1 Å². The lowest BCUT2D eigenvalue weighted by Crippen LogP contribution is -2.55. The Morgan fingerprint density at radius 2 is 1.53 bits per heavy atom. The molecule has 0 unspecified atom stereocenters. The summed E-state index contributed by atoms with van der Waals surface area (Å²) in [4.78, 5) is 58.6. The first-order valence-electron chi connectivity index (χ1n) is 9.60. The molecule has 4 atom stereocenters. The second-order valence-electron chi connectivity index (χ2n) is 7.12. The number of hydrogen-bond donors (Lipinski definition) is 1. The number of aromatic nitrogens is 1. The lowest BCUT2D eigenvalue weighted by Gasteiger charge is -2.41. The summed E-state index contributed by atoms with van der Waals surface area (Å²) in [6, 6.07) is 6.50. The molecule has 0 radical (unpaired) electrons. The number of benzene rings is 1. The van der Waals surface area contributed by atoms with E-state index in [-0.39, 0.29) is 12.2 Å². The standard InChI is InChI=1S/C21H21NO10/c1-10(23)30-16-9-29-20(19(32-12(3)25)18(16)31-11(2)24)22-8-14(17(26)21(27)28)13-6-4-5-7-15(13)22/h4-8,16,18-20H,9H2,1-3H3,(H,27,28)/t16-,18-,19-,20+/m1/s1. The van der Waals surface area contributed by atoms with Crippen molar-refractivity contribution in [3.05, 3.63) is 36.0 Å². The molecular weight excluding hydrogens is 426 g/mol. The zero-order chi connectivity index (χ0) is 23.6. The number of fused-ring (bicyclic) bond motifs is 1. The lowest BCUT2D eigenvalue weighted by atomic mass is 10.0. The minimum Gasteiger partial charge on any atom is -0.475 e. The normalized spacial score (nSPS) is 22.7. The van der Waals surface area contributed by atoms with Gasteiger partial charge in [0.25, 0.3) is 5.78 Å². The Kier molecular flexibility index (Phi) is 6.58. The third kappa shape index (κ3) is 4.62. The first kappa shape index (κ1) is 22.9. The van der Waals surface area contributed by atoms with E-state index in [0.717, 1.165) is 13.8 Å². The van der Waals surface area contributed by atoms with Gasteiger partial charge in [0.15, 0.2) is 24.5 Å². The van der Waals surface area contributed by atoms with Gasteiger partial charge in [-0.05, 0) is 6.07 Å². The van der Waals surface area contributed by atoms with E-state index in [1.165, 1.54) is 17.7 Å². The number of esters is 3. The van der Waals surface area contributed by atoms with Crippen LogP contribution in [0.3, 0.4) is 0 Å². The first-order chi connectivity index (χ1) is 15.1. The van der Waals surface area contributed by atoms with Gasteiger partial charge < -0.3 is 28.6 Å². The van der Waals surface area contributed by atoms with Crippen molar-refractivity contribution < 1.29 is 48.0 Å². The van der Waals surface area contributed by atoms with Crippen molar-refractivity contribution in [2.45, 2.75) is 45.3 Å². The van der Waals surface area contributed by atoms with Crippen LogP contribution in [0.2, 0.25) is 0 Å². The van der Waals surface area contributed by atoms with Crippen molar-refractivity contribution in [3.8, 4) is 0 Å². The third-order valence-corrected chi connectivity index (χ3v) is 4.78. The monoisotopic (exact) mass is 447 g/mol. The number of Topliss-reactive ketones (excluding diaryl/α,β-unsaturated/α-hetero) is 1. The molecule has 11 nitrogen and oxygen atoms in total. The molecule has 170 valence electrons. The third-order valence-electron chi connectivity index (χ3n) is 4.78. The minimum absolute atomic E-state index is 0.0931. The van der Waals surface area contributed by atoms with Crippen LogP contribution < -0.4 is 0 Å². The number of hydrogen-bond acceptors (Lipinski definition) is 9. The van der Waals surface area contributed by atoms with Crippen LogP contribution in [-0.2, 0) is 38.1 Å². The molecule has 0 spiro atoms. The molecule has 1 aliphatic rings. The largest absolute Gasteiger partial charge is 0.475 e. The number of para-hydroxylation sites is 1. The highest BCUT2D eigenvalue weighted by Gasteiger charge is 2.48. The molecule has 2 aromatic rings. The molecule has 3 rings (SSSR count). The van der Waals surface area contributed by atoms with Crippen molar-refractivity contribution in [1.29, 1.82) is 0 Å². The summed E-state index contributed by atoms with van der Waals surface area (Å²) >= 11 is 0. The molecule has 0 bridgehead atoms. The Bertz CT molecular complexity index is 1090. The molecule has 1 aliphatic heterocycles. The van der Waals surface area contributed by atoms with Gasteiger partial charge in [-0.2, -0.15) is 0 Å². The predicted molar refractivity (Wildman–Crippen MR) is 106 cm³/mol. The van der Waals surface area contributed by atoms with E-state index in [4.69, 9.17) is 18.9 Å². The number of aliphatic carboxylic acids is 1. The highest BCUT2D eigenvalue weighted by atomic mass is 16.6. The van der Waals surface area contributed by atoms with Crippen molar-refractivity contribution in [3.63, 3.8) is 0 Å². The van der Waals surface area contributed by atoms with Crippen molar-refractivity contribution in [1.82, 2.24) is 4.57 Å². The number of rotatable bonds is 6. The van der Waals surface area contributed by atoms with Gasteiger partial charge in [0.2, 0.25) is 0 Å². The molecule has 0 amide bonds. The van der Waals surface area contributed by atoms with Gasteiger partial charge in [-0.15, -0.1) is 0 Å². The van der Waals surface area contributed by atoms with Crippen LogP contribution in [0.1, 0.15) is 37.4 Å². The number of carboxylic acid groups (broad SMARTS) is 1. The topological polar surface area (TPSA) is 147 Å². The van der Waals surface area contributed by atoms with E-state index < -0.39 is 54.2 Å². The fourth-order valence-corrected chi connectivity index (χ4v) is 3.67. The van der Waals surface area contributed by atoms with Gasteiger partial charge in [-0.3, -0.25) is 19.2 Å². The second-order valence-corrected chi connectivity index (χ2v) is 7.12. The van der Waals surface area contributed by atoms with Crippen LogP contribution >= 0.6 is 0 Å². The van der Waals surface area contributed by atoms with Crippen LogP contribution in [0.15, 0.2) is 30.5 Å². The Balaban J connectivity index is 2.13. The van der Waals surface area contributed by atoms with Gasteiger partial charge >= 0.3 is 23.9 Å². The van der Waals surface area contributed by atoms with Gasteiger partial charge in [-0.25, -0.2) is 4.79 Å². The highest BCUT2D eigenvalue weighted by Crippen LogP contribution is 2.35. The Hall–Kier alpha value is -3.73. The zero-order valence-corrected chi connectivity index (χ0v) is 17.5. The molecule has 32 heavy (non-hydrogen) atoms. The van der Waals surface area contributed by atoms with Crippen molar-refractivity contribution >= 4 is 40.6 Å². The molecule has 0 saturated carbocycles. The molecule has 1 N–H and O–H groups in total. The van der Waals surface area contributed by atoms with Gasteiger partial charge in [0.1, 0.15) is 0 Å². The van der Waals surface area contributed by atoms with Gasteiger partial charge in [0, 0.05) is 32.4 Å². The molecule has 1 aromatic heterocycles. The van der Waals surface area contributed by atoms with Crippen molar-refractivity contribution in [2.75, 3.05) is 6.61 Å². The van der Waals surface area contributed by atoms with Gasteiger partial charge in [-0.1, -0.05) is 18.2 Å². The van der Waals surface area contributed by atoms with Crippen LogP contribution in [0.4, 0.5) is 0 Å². The maximum absolute atomic E-state index is 12.2. The van der Waals surface area contributed by atoms with E-state index in [1.54, 1.807) is 24.3 Å². The van der Waals surface area contributed by atoms with E-state index in [2.05, 4.69) is 0 Å². The van der Waals surface area contributed by atoms with Gasteiger partial charge in [0.05, 0.1) is 17.7 Å². The van der Waals surface area contributed by atoms with Crippen LogP contribution in [-0.4, -0.2) is 64.3 Å². The summed E-state index contributed by atoms with van der Waals surface area (Å²) in [6.45, 7) is 3.25. The summed E-state index contributed by atoms with van der Waals surface area (Å²) < 4.78 is 23.2. The number of carbonyl (C=O) groups is 5. The summed E-state index contributed by atoms with van der Waals surface area (Å²) in [7, 11) is 0. The van der Waals surface area contributed by atoms with E-state index in [0.29, 0.717) is 10.9 Å². The summed E-state index contributed by atoms with van der Waals surface area (Å²) in [6.07, 6.45) is -3.37. The molecule has 11 heteroatoms. The zero-order valence-electron chi connectivity index (χ0n) is 17.5. The van der Waals surface area contributed by atoms with Crippen LogP contribution in [0, 0.1) is 0 Å². The Morgan fingerprint density at radius 3 is 2.12 bits per heavy atom. The molecular formula is C21H21NO10. The van der Waals surface area contributed by atoms with E-state index >= 15 is 0 Å². The fraction of sp³-hybridized carbons (Fsp3) is 0.381. The number of ketones is 1. The summed E-state index contributed by atoms with van der Waals surface area (Å²) in [5.41, 5.74) is 0.330. The molecule has 2 heterocycles. The smallest absolute Gasteiger partial charge is 0.377 e. The molecule has 1 saturated heterocycles. The number of ether oxygens (including phenoxy) is 4. The highest BCUT2D eigenvalue weighted by molar-refractivity contribution is 6.42. The SMILES string of the molecule is CC(=O)O[C@@H]1[C@H](OC(C)=O)[C@H](OC(C)=O)CO[C@@H]1n1cc(C(=O)C(=O)O)c2ccccc21. The Labute approximate surface area is 181 Å². The molecule has 0 aliphatic carbocycles. The number of carboxylic acids is 1. The summed E-state index contributed by atoms with van der Waals surface area (Å²) in [5.74, 6) is -4.85. The van der Waals surface area contributed by atoms with E-state index in [1.807, 2.05) is 0 Å². The number of carbonyl (C=O) groups excluding carboxylic acids is 4. The summed E-state index contributed by atoms with van der Waals surface area (Å²) in [5, 5.41) is 9.52. The molecule has 1 aromatic carbocycles. The average Bonchev–Trinajstić information content (AvgIpc) is 3.08. The quantitative estimate of drug-likeness (QED) is 0.297. The van der Waals surface area contributed by atoms with Crippen molar-refractivity contribution in [2.24, 2.45) is 0 Å². The lowest BCUT2D eigenvalue weighted by molar-refractivity contribution is -0.239. The minimum atomic E-state index is -1.64.